The Labute approximate surface area is 97.6 Å². The van der Waals surface area contributed by atoms with E-state index in [-0.39, 0.29) is 0 Å². The van der Waals surface area contributed by atoms with Crippen LogP contribution in [0.1, 0.15) is 6.92 Å². The van der Waals surface area contributed by atoms with Crippen molar-refractivity contribution in [2.75, 3.05) is 6.61 Å². The van der Waals surface area contributed by atoms with Crippen molar-refractivity contribution in [3.05, 3.63) is 0 Å². The minimum atomic E-state index is -1.43. The third-order valence-corrected chi connectivity index (χ3v) is 2.63. The molecule has 6 N–H and O–H groups in total. The monoisotopic (exact) mass is 251 g/mol. The molecule has 0 saturated carbocycles. The Bertz CT molecular complexity index is 274. The first-order valence-electron chi connectivity index (χ1n) is 5.14. The molecular weight excluding hydrogens is 234 g/mol. The average molecular weight is 251 g/mol. The number of aliphatic hydroxyl groups is 3. The molecule has 0 aromatic rings. The third kappa shape index (κ3) is 3.12. The number of aliphatic carboxylic acids is 1. The first-order chi connectivity index (χ1) is 7.88. The first-order valence-corrected chi connectivity index (χ1v) is 5.14. The van der Waals surface area contributed by atoms with Gasteiger partial charge in [0, 0.05) is 0 Å². The SMILES string of the molecule is C[C@H](O[C@@H]1[C@@H](N)[C@H](O)O[C@H](CO)[C@H]1O)C(=O)O. The maximum Gasteiger partial charge on any atom is 0.332 e. The smallest absolute Gasteiger partial charge is 0.332 e. The van der Waals surface area contributed by atoms with Gasteiger partial charge in [-0.3, -0.25) is 0 Å². The standard InChI is InChI=1S/C9H17NO7/c1-3(8(13)14)16-7-5(10)9(15)17-4(2-11)6(7)12/h3-7,9,11-12,15H,2,10H2,1H3,(H,13,14)/t3-,4+,5+,6+,7+,9+/m0/s1. The summed E-state index contributed by atoms with van der Waals surface area (Å²) in [6.07, 6.45) is -6.11. The minimum absolute atomic E-state index is 0.535. The van der Waals surface area contributed by atoms with Crippen molar-refractivity contribution in [1.29, 1.82) is 0 Å². The molecule has 1 aliphatic rings. The van der Waals surface area contributed by atoms with Crippen molar-refractivity contribution in [3.63, 3.8) is 0 Å². The Kier molecular flexibility index (Phi) is 4.80. The number of carbonyl (C=O) groups is 1. The van der Waals surface area contributed by atoms with Gasteiger partial charge in [0.05, 0.1) is 12.6 Å². The van der Waals surface area contributed by atoms with Gasteiger partial charge in [-0.15, -0.1) is 0 Å². The molecular formula is C9H17NO7. The second kappa shape index (κ2) is 5.71. The highest BCUT2D eigenvalue weighted by molar-refractivity contribution is 5.71. The highest BCUT2D eigenvalue weighted by Gasteiger charge is 2.44. The van der Waals surface area contributed by atoms with E-state index in [9.17, 15) is 15.0 Å². The normalized spacial score (nSPS) is 39.9. The summed E-state index contributed by atoms with van der Waals surface area (Å²) in [5.74, 6) is -1.22. The van der Waals surface area contributed by atoms with Crippen LogP contribution in [0.5, 0.6) is 0 Å². The van der Waals surface area contributed by atoms with E-state index in [2.05, 4.69) is 0 Å². The molecule has 1 heterocycles. The predicted molar refractivity (Wildman–Crippen MR) is 53.9 cm³/mol. The van der Waals surface area contributed by atoms with E-state index in [0.717, 1.165) is 0 Å². The quantitative estimate of drug-likeness (QED) is 0.361. The molecule has 0 aromatic carbocycles. The second-order valence-corrected chi connectivity index (χ2v) is 3.90. The van der Waals surface area contributed by atoms with Gasteiger partial charge in [-0.05, 0) is 6.92 Å². The molecule has 1 rings (SSSR count). The zero-order valence-corrected chi connectivity index (χ0v) is 9.26. The number of hydrogen-bond donors (Lipinski definition) is 5. The zero-order chi connectivity index (χ0) is 13.2. The predicted octanol–water partition coefficient (Wildman–Crippen LogP) is -2.76. The number of ether oxygens (including phenoxy) is 2. The van der Waals surface area contributed by atoms with E-state index >= 15 is 0 Å². The van der Waals surface area contributed by atoms with Gasteiger partial charge in [-0.1, -0.05) is 0 Å². The van der Waals surface area contributed by atoms with Gasteiger partial charge in [0.15, 0.2) is 12.4 Å². The van der Waals surface area contributed by atoms with Crippen LogP contribution in [0.25, 0.3) is 0 Å². The minimum Gasteiger partial charge on any atom is -0.479 e. The molecule has 0 spiro atoms. The maximum absolute atomic E-state index is 10.6. The lowest BCUT2D eigenvalue weighted by molar-refractivity contribution is -0.262. The Morgan fingerprint density at radius 2 is 2.12 bits per heavy atom. The van der Waals surface area contributed by atoms with Gasteiger partial charge in [0.25, 0.3) is 0 Å². The van der Waals surface area contributed by atoms with Crippen LogP contribution < -0.4 is 5.73 Å². The Hall–Kier alpha value is -0.770. The van der Waals surface area contributed by atoms with E-state index in [4.69, 9.17) is 25.4 Å². The summed E-state index contributed by atoms with van der Waals surface area (Å²) in [6, 6.07) is -1.09. The Morgan fingerprint density at radius 1 is 1.53 bits per heavy atom. The van der Waals surface area contributed by atoms with Crippen LogP contribution in [0.15, 0.2) is 0 Å². The van der Waals surface area contributed by atoms with Crippen molar-refractivity contribution >= 4 is 5.97 Å². The third-order valence-electron chi connectivity index (χ3n) is 2.63. The largest absolute Gasteiger partial charge is 0.479 e. The van der Waals surface area contributed by atoms with Crippen molar-refractivity contribution in [2.24, 2.45) is 5.73 Å². The summed E-state index contributed by atoms with van der Waals surface area (Å²) >= 11 is 0. The lowest BCUT2D eigenvalue weighted by Gasteiger charge is -2.41. The van der Waals surface area contributed by atoms with Gasteiger partial charge in [-0.25, -0.2) is 4.79 Å². The summed E-state index contributed by atoms with van der Waals surface area (Å²) in [5.41, 5.74) is 5.54. The molecule has 8 nitrogen and oxygen atoms in total. The fraction of sp³-hybridized carbons (Fsp3) is 0.889. The van der Waals surface area contributed by atoms with Crippen LogP contribution in [0, 0.1) is 0 Å². The lowest BCUT2D eigenvalue weighted by Crippen LogP contribution is -2.63. The van der Waals surface area contributed by atoms with Crippen LogP contribution in [0.4, 0.5) is 0 Å². The van der Waals surface area contributed by atoms with Gasteiger partial charge < -0.3 is 35.6 Å². The Balaban J connectivity index is 2.74. The van der Waals surface area contributed by atoms with Crippen molar-refractivity contribution in [2.45, 2.75) is 43.7 Å². The van der Waals surface area contributed by atoms with E-state index in [1.807, 2.05) is 0 Å². The highest BCUT2D eigenvalue weighted by atomic mass is 16.6. The number of rotatable bonds is 4. The number of nitrogens with two attached hydrogens (primary N) is 1. The summed E-state index contributed by atoms with van der Waals surface area (Å²) < 4.78 is 9.89. The summed E-state index contributed by atoms with van der Waals surface area (Å²) in [5, 5.41) is 36.8. The summed E-state index contributed by atoms with van der Waals surface area (Å²) in [6.45, 7) is 0.740. The number of aliphatic hydroxyl groups excluding tert-OH is 3. The van der Waals surface area contributed by atoms with Crippen LogP contribution >= 0.6 is 0 Å². The molecule has 0 aliphatic carbocycles. The van der Waals surface area contributed by atoms with E-state index < -0.39 is 49.3 Å². The summed E-state index contributed by atoms with van der Waals surface area (Å²) in [7, 11) is 0. The number of hydrogen-bond acceptors (Lipinski definition) is 7. The molecule has 1 fully saturated rings. The molecule has 0 bridgehead atoms. The van der Waals surface area contributed by atoms with E-state index in [1.54, 1.807) is 0 Å². The topological polar surface area (TPSA) is 142 Å². The molecule has 100 valence electrons. The van der Waals surface area contributed by atoms with Crippen molar-refractivity contribution < 1.29 is 34.7 Å². The molecule has 17 heavy (non-hydrogen) atoms. The fourth-order valence-corrected chi connectivity index (χ4v) is 1.57. The molecule has 6 atom stereocenters. The highest BCUT2D eigenvalue weighted by Crippen LogP contribution is 2.22. The van der Waals surface area contributed by atoms with Gasteiger partial charge in [0.1, 0.15) is 18.3 Å². The Morgan fingerprint density at radius 3 is 2.59 bits per heavy atom. The van der Waals surface area contributed by atoms with Crippen LogP contribution in [-0.4, -0.2) is 69.8 Å². The fourth-order valence-electron chi connectivity index (χ4n) is 1.57. The molecule has 0 unspecified atom stereocenters. The van der Waals surface area contributed by atoms with Crippen molar-refractivity contribution in [3.8, 4) is 0 Å². The molecule has 0 amide bonds. The van der Waals surface area contributed by atoms with Gasteiger partial charge in [-0.2, -0.15) is 0 Å². The maximum atomic E-state index is 10.6. The van der Waals surface area contributed by atoms with Gasteiger partial charge >= 0.3 is 5.97 Å². The molecule has 0 radical (unpaired) electrons. The average Bonchev–Trinajstić information content (AvgIpc) is 2.28. The van der Waals surface area contributed by atoms with Crippen molar-refractivity contribution in [1.82, 2.24) is 0 Å². The van der Waals surface area contributed by atoms with Crippen LogP contribution in [0.3, 0.4) is 0 Å². The zero-order valence-electron chi connectivity index (χ0n) is 9.26. The molecule has 0 aromatic heterocycles. The molecule has 8 heteroatoms. The molecule has 1 aliphatic heterocycles. The molecule has 1 saturated heterocycles. The number of carboxylic acid groups (broad SMARTS) is 1. The number of carboxylic acids is 1. The van der Waals surface area contributed by atoms with Gasteiger partial charge in [0.2, 0.25) is 0 Å². The van der Waals surface area contributed by atoms with Crippen LogP contribution in [0.2, 0.25) is 0 Å². The van der Waals surface area contributed by atoms with E-state index in [1.165, 1.54) is 6.92 Å². The van der Waals surface area contributed by atoms with E-state index in [0.29, 0.717) is 0 Å². The van der Waals surface area contributed by atoms with Crippen LogP contribution in [-0.2, 0) is 14.3 Å². The summed E-state index contributed by atoms with van der Waals surface area (Å²) in [4.78, 5) is 10.6. The first kappa shape index (κ1) is 14.3. The lowest BCUT2D eigenvalue weighted by atomic mass is 9.97. The second-order valence-electron chi connectivity index (χ2n) is 3.90.